The molecule has 4 heteroatoms. The molecule has 0 amide bonds. The Hall–Kier alpha value is -0.870. The minimum atomic E-state index is -0.311. The largest absolute Gasteiger partial charge is 0.309 e. The summed E-state index contributed by atoms with van der Waals surface area (Å²) in [5.41, 5.74) is 0.580. The van der Waals surface area contributed by atoms with Gasteiger partial charge < -0.3 is 4.90 Å². The van der Waals surface area contributed by atoms with Gasteiger partial charge in [-0.3, -0.25) is 4.79 Å². The molecular weight excluding hydrogens is 237 g/mol. The standard InChI is InChI=1S/C13H18FNOS/c1-10(17-9-8-15(2)3)13(16)11-4-6-12(14)7-5-11/h4-7,10H,8-9H2,1-3H3. The van der Waals surface area contributed by atoms with E-state index in [0.717, 1.165) is 12.3 Å². The predicted molar refractivity (Wildman–Crippen MR) is 71.2 cm³/mol. The summed E-state index contributed by atoms with van der Waals surface area (Å²) in [5.74, 6) is 0.671. The Balaban J connectivity index is 2.49. The van der Waals surface area contributed by atoms with E-state index in [-0.39, 0.29) is 16.9 Å². The molecule has 0 saturated heterocycles. The summed E-state index contributed by atoms with van der Waals surface area (Å²) in [5, 5.41) is -0.0830. The Morgan fingerprint density at radius 1 is 1.35 bits per heavy atom. The van der Waals surface area contributed by atoms with Crippen molar-refractivity contribution in [1.82, 2.24) is 4.90 Å². The van der Waals surface area contributed by atoms with Crippen LogP contribution in [-0.2, 0) is 0 Å². The summed E-state index contributed by atoms with van der Waals surface area (Å²) in [6.07, 6.45) is 0. The van der Waals surface area contributed by atoms with Crippen molar-refractivity contribution in [3.8, 4) is 0 Å². The Bertz CT molecular complexity index is 364. The van der Waals surface area contributed by atoms with E-state index in [1.165, 1.54) is 12.1 Å². The molecule has 0 saturated carbocycles. The summed E-state index contributed by atoms with van der Waals surface area (Å²) in [6.45, 7) is 2.84. The van der Waals surface area contributed by atoms with Crippen molar-refractivity contribution in [3.63, 3.8) is 0 Å². The van der Waals surface area contributed by atoms with Crippen LogP contribution in [0.5, 0.6) is 0 Å². The van der Waals surface area contributed by atoms with E-state index in [2.05, 4.69) is 4.90 Å². The highest BCUT2D eigenvalue weighted by Crippen LogP contribution is 2.16. The lowest BCUT2D eigenvalue weighted by Gasteiger charge is -2.13. The third kappa shape index (κ3) is 4.88. The normalized spacial score (nSPS) is 12.8. The van der Waals surface area contributed by atoms with Crippen LogP contribution in [0.3, 0.4) is 0 Å². The Morgan fingerprint density at radius 3 is 2.47 bits per heavy atom. The van der Waals surface area contributed by atoms with Gasteiger partial charge in [0.1, 0.15) is 5.82 Å². The van der Waals surface area contributed by atoms with Crippen molar-refractivity contribution in [2.45, 2.75) is 12.2 Å². The molecule has 1 aromatic carbocycles. The lowest BCUT2D eigenvalue weighted by atomic mass is 10.1. The van der Waals surface area contributed by atoms with Crippen LogP contribution in [0.1, 0.15) is 17.3 Å². The topological polar surface area (TPSA) is 20.3 Å². The van der Waals surface area contributed by atoms with Gasteiger partial charge in [-0.25, -0.2) is 4.39 Å². The van der Waals surface area contributed by atoms with Gasteiger partial charge in [-0.2, -0.15) is 0 Å². The molecule has 1 atom stereocenters. The first-order chi connectivity index (χ1) is 8.00. The van der Waals surface area contributed by atoms with Crippen molar-refractivity contribution in [3.05, 3.63) is 35.6 Å². The van der Waals surface area contributed by atoms with Crippen molar-refractivity contribution >= 4 is 17.5 Å². The Labute approximate surface area is 106 Å². The quantitative estimate of drug-likeness (QED) is 0.729. The lowest BCUT2D eigenvalue weighted by molar-refractivity contribution is 0.0994. The van der Waals surface area contributed by atoms with Gasteiger partial charge >= 0.3 is 0 Å². The van der Waals surface area contributed by atoms with Crippen molar-refractivity contribution < 1.29 is 9.18 Å². The average molecular weight is 255 g/mol. The number of hydrogen-bond donors (Lipinski definition) is 0. The van der Waals surface area contributed by atoms with E-state index in [0.29, 0.717) is 5.56 Å². The highest BCUT2D eigenvalue weighted by molar-refractivity contribution is 8.00. The number of rotatable bonds is 6. The molecule has 0 aliphatic rings. The van der Waals surface area contributed by atoms with Gasteiger partial charge in [-0.05, 0) is 45.3 Å². The zero-order valence-corrected chi connectivity index (χ0v) is 11.3. The lowest BCUT2D eigenvalue weighted by Crippen LogP contribution is -2.19. The first-order valence-electron chi connectivity index (χ1n) is 5.57. The molecule has 0 aliphatic carbocycles. The molecule has 0 bridgehead atoms. The third-order valence-electron chi connectivity index (χ3n) is 2.40. The van der Waals surface area contributed by atoms with Gasteiger partial charge in [0.2, 0.25) is 0 Å². The summed E-state index contributed by atoms with van der Waals surface area (Å²) in [6, 6.07) is 5.73. The molecule has 1 unspecified atom stereocenters. The van der Waals surface area contributed by atoms with Crippen LogP contribution in [0.15, 0.2) is 24.3 Å². The van der Waals surface area contributed by atoms with E-state index >= 15 is 0 Å². The molecule has 0 spiro atoms. The number of carbonyl (C=O) groups excluding carboxylic acids is 1. The molecule has 1 aromatic rings. The molecule has 0 heterocycles. The summed E-state index contributed by atoms with van der Waals surface area (Å²) < 4.78 is 12.7. The zero-order valence-electron chi connectivity index (χ0n) is 10.4. The number of carbonyl (C=O) groups is 1. The molecule has 0 aliphatic heterocycles. The smallest absolute Gasteiger partial charge is 0.175 e. The van der Waals surface area contributed by atoms with Crippen molar-refractivity contribution in [2.75, 3.05) is 26.4 Å². The fourth-order valence-electron chi connectivity index (χ4n) is 1.34. The van der Waals surface area contributed by atoms with Gasteiger partial charge in [-0.15, -0.1) is 11.8 Å². The van der Waals surface area contributed by atoms with E-state index in [1.807, 2.05) is 21.0 Å². The number of benzene rings is 1. The molecule has 2 nitrogen and oxygen atoms in total. The first kappa shape index (κ1) is 14.2. The van der Waals surface area contributed by atoms with Gasteiger partial charge in [0.15, 0.2) is 5.78 Å². The van der Waals surface area contributed by atoms with E-state index < -0.39 is 0 Å². The zero-order chi connectivity index (χ0) is 12.8. The number of halogens is 1. The summed E-state index contributed by atoms with van der Waals surface area (Å²) in [4.78, 5) is 14.1. The molecule has 0 radical (unpaired) electrons. The molecule has 17 heavy (non-hydrogen) atoms. The van der Waals surface area contributed by atoms with E-state index in [9.17, 15) is 9.18 Å². The number of nitrogens with zero attached hydrogens (tertiary/aromatic N) is 1. The van der Waals surface area contributed by atoms with Gasteiger partial charge in [0, 0.05) is 17.9 Å². The molecular formula is C13H18FNOS. The van der Waals surface area contributed by atoms with Crippen LogP contribution in [0, 0.1) is 5.82 Å². The maximum absolute atomic E-state index is 12.7. The average Bonchev–Trinajstić information content (AvgIpc) is 2.28. The van der Waals surface area contributed by atoms with Gasteiger partial charge in [-0.1, -0.05) is 0 Å². The maximum atomic E-state index is 12.7. The minimum Gasteiger partial charge on any atom is -0.309 e. The second kappa shape index (κ2) is 6.77. The van der Waals surface area contributed by atoms with Gasteiger partial charge in [0.05, 0.1) is 5.25 Å². The molecule has 1 rings (SSSR count). The number of ketones is 1. The fraction of sp³-hybridized carbons (Fsp3) is 0.462. The third-order valence-corrected chi connectivity index (χ3v) is 3.54. The van der Waals surface area contributed by atoms with Crippen LogP contribution in [0.4, 0.5) is 4.39 Å². The summed E-state index contributed by atoms with van der Waals surface area (Å²) in [7, 11) is 4.01. The Kier molecular flexibility index (Phi) is 5.65. The first-order valence-corrected chi connectivity index (χ1v) is 6.61. The molecule has 0 fully saturated rings. The van der Waals surface area contributed by atoms with Crippen LogP contribution < -0.4 is 0 Å². The fourth-order valence-corrected chi connectivity index (χ4v) is 2.45. The monoisotopic (exact) mass is 255 g/mol. The van der Waals surface area contributed by atoms with Gasteiger partial charge in [0.25, 0.3) is 0 Å². The number of Topliss-reactive ketones (excluding diaryl/α,β-unsaturated/α-hetero) is 1. The van der Waals surface area contributed by atoms with Crippen LogP contribution in [0.2, 0.25) is 0 Å². The van der Waals surface area contributed by atoms with E-state index in [1.54, 1.807) is 23.9 Å². The predicted octanol–water partition coefficient (Wildman–Crippen LogP) is 2.69. The number of thioether (sulfide) groups is 1. The Morgan fingerprint density at radius 2 is 1.94 bits per heavy atom. The number of hydrogen-bond acceptors (Lipinski definition) is 3. The molecule has 0 aromatic heterocycles. The van der Waals surface area contributed by atoms with Crippen LogP contribution >= 0.6 is 11.8 Å². The van der Waals surface area contributed by atoms with Crippen LogP contribution in [0.25, 0.3) is 0 Å². The maximum Gasteiger partial charge on any atom is 0.175 e. The van der Waals surface area contributed by atoms with Crippen molar-refractivity contribution in [1.29, 1.82) is 0 Å². The molecule has 94 valence electrons. The van der Waals surface area contributed by atoms with E-state index in [4.69, 9.17) is 0 Å². The minimum absolute atomic E-state index is 0.0637. The SMILES string of the molecule is CC(SCCN(C)C)C(=O)c1ccc(F)cc1. The van der Waals surface area contributed by atoms with Crippen LogP contribution in [-0.4, -0.2) is 42.3 Å². The summed E-state index contributed by atoms with van der Waals surface area (Å²) >= 11 is 1.63. The molecule has 0 N–H and O–H groups in total. The van der Waals surface area contributed by atoms with Crippen molar-refractivity contribution in [2.24, 2.45) is 0 Å². The highest BCUT2D eigenvalue weighted by Gasteiger charge is 2.15. The second-order valence-electron chi connectivity index (χ2n) is 4.19. The second-order valence-corrected chi connectivity index (χ2v) is 5.64. The highest BCUT2D eigenvalue weighted by atomic mass is 32.2.